The molecular formula is C14H14. The van der Waals surface area contributed by atoms with E-state index in [4.69, 9.17) is 0 Å². The maximum atomic E-state index is 3.84. The van der Waals surface area contributed by atoms with Gasteiger partial charge in [0.1, 0.15) is 0 Å². The van der Waals surface area contributed by atoms with Gasteiger partial charge in [-0.15, -0.1) is 0 Å². The molecule has 0 unspecified atom stereocenters. The molecule has 0 saturated carbocycles. The molecule has 2 aromatic rings. The highest BCUT2D eigenvalue weighted by Crippen LogP contribution is 2.23. The van der Waals surface area contributed by atoms with Crippen molar-refractivity contribution in [1.29, 1.82) is 0 Å². The van der Waals surface area contributed by atoms with Crippen LogP contribution in [0.5, 0.6) is 0 Å². The van der Waals surface area contributed by atoms with Crippen LogP contribution in [0, 0.1) is 0 Å². The van der Waals surface area contributed by atoms with Crippen molar-refractivity contribution in [2.45, 2.75) is 13.3 Å². The van der Waals surface area contributed by atoms with Gasteiger partial charge in [0.2, 0.25) is 0 Å². The van der Waals surface area contributed by atoms with Crippen LogP contribution in [0.4, 0.5) is 0 Å². The van der Waals surface area contributed by atoms with Crippen molar-refractivity contribution < 1.29 is 0 Å². The molecular weight excluding hydrogens is 168 g/mol. The van der Waals surface area contributed by atoms with Crippen molar-refractivity contribution in [3.63, 3.8) is 0 Å². The molecule has 0 aliphatic rings. The molecule has 2 rings (SSSR count). The molecule has 0 aliphatic heterocycles. The Kier molecular flexibility index (Phi) is 2.36. The average molecular weight is 182 g/mol. The molecule has 0 heteroatoms. The monoisotopic (exact) mass is 182 g/mol. The lowest BCUT2D eigenvalue weighted by atomic mass is 9.98. The van der Waals surface area contributed by atoms with Crippen molar-refractivity contribution in [3.8, 4) is 0 Å². The molecule has 0 spiro atoms. The van der Waals surface area contributed by atoms with Gasteiger partial charge in [-0.3, -0.25) is 0 Å². The van der Waals surface area contributed by atoms with Gasteiger partial charge in [0.25, 0.3) is 0 Å². The lowest BCUT2D eigenvalue weighted by Gasteiger charge is -2.06. The van der Waals surface area contributed by atoms with Crippen LogP contribution in [-0.4, -0.2) is 0 Å². The van der Waals surface area contributed by atoms with Crippen LogP contribution < -0.4 is 0 Å². The molecule has 0 fully saturated rings. The highest BCUT2D eigenvalue weighted by Gasteiger charge is 2.01. The van der Waals surface area contributed by atoms with Gasteiger partial charge in [0.05, 0.1) is 0 Å². The fourth-order valence-electron chi connectivity index (χ4n) is 1.87. The number of benzene rings is 2. The average Bonchev–Trinajstić information content (AvgIpc) is 2.27. The van der Waals surface area contributed by atoms with Crippen LogP contribution >= 0.6 is 0 Å². The number of fused-ring (bicyclic) bond motifs is 1. The maximum Gasteiger partial charge on any atom is -0.0109 e. The van der Waals surface area contributed by atoms with E-state index in [1.807, 2.05) is 6.08 Å². The fourth-order valence-corrected chi connectivity index (χ4v) is 1.87. The molecule has 0 bridgehead atoms. The minimum atomic E-state index is 1.08. The zero-order chi connectivity index (χ0) is 9.97. The van der Waals surface area contributed by atoms with E-state index in [0.29, 0.717) is 0 Å². The first-order valence-corrected chi connectivity index (χ1v) is 5.00. The number of aryl methyl sites for hydroxylation is 1. The molecule has 0 nitrogen and oxygen atoms in total. The molecule has 2 aromatic carbocycles. The van der Waals surface area contributed by atoms with Crippen LogP contribution in [0.1, 0.15) is 18.1 Å². The molecule has 0 amide bonds. The Morgan fingerprint density at radius 3 is 2.43 bits per heavy atom. The molecule has 0 radical (unpaired) electrons. The molecule has 0 atom stereocenters. The second-order valence-corrected chi connectivity index (χ2v) is 3.42. The SMILES string of the molecule is C=Cc1ccc(CC)c2ccccc12. The quantitative estimate of drug-likeness (QED) is 0.657. The van der Waals surface area contributed by atoms with E-state index in [1.54, 1.807) is 0 Å². The van der Waals surface area contributed by atoms with Crippen molar-refractivity contribution in [2.75, 3.05) is 0 Å². The molecule has 0 aromatic heterocycles. The molecule has 0 saturated heterocycles. The zero-order valence-corrected chi connectivity index (χ0v) is 8.46. The van der Waals surface area contributed by atoms with E-state index in [2.05, 4.69) is 49.9 Å². The van der Waals surface area contributed by atoms with Crippen molar-refractivity contribution in [3.05, 3.63) is 54.1 Å². The Morgan fingerprint density at radius 2 is 1.79 bits per heavy atom. The van der Waals surface area contributed by atoms with E-state index in [0.717, 1.165) is 6.42 Å². The Labute approximate surface area is 84.9 Å². The summed E-state index contributed by atoms with van der Waals surface area (Å²) in [6.45, 7) is 6.03. The third-order valence-electron chi connectivity index (χ3n) is 2.65. The Balaban J connectivity index is 2.84. The molecule has 0 N–H and O–H groups in total. The van der Waals surface area contributed by atoms with Gasteiger partial charge in [0.15, 0.2) is 0 Å². The summed E-state index contributed by atoms with van der Waals surface area (Å²) in [4.78, 5) is 0. The van der Waals surface area contributed by atoms with Gasteiger partial charge in [0, 0.05) is 0 Å². The summed E-state index contributed by atoms with van der Waals surface area (Å²) in [7, 11) is 0. The van der Waals surface area contributed by atoms with Crippen molar-refractivity contribution in [1.82, 2.24) is 0 Å². The van der Waals surface area contributed by atoms with Crippen LogP contribution in [0.25, 0.3) is 16.8 Å². The summed E-state index contributed by atoms with van der Waals surface area (Å²) in [5.74, 6) is 0. The molecule has 0 heterocycles. The van der Waals surface area contributed by atoms with Crippen LogP contribution in [0.2, 0.25) is 0 Å². The first-order valence-electron chi connectivity index (χ1n) is 5.00. The third-order valence-corrected chi connectivity index (χ3v) is 2.65. The van der Waals surface area contributed by atoms with E-state index < -0.39 is 0 Å². The highest BCUT2D eigenvalue weighted by molar-refractivity contribution is 5.92. The van der Waals surface area contributed by atoms with E-state index >= 15 is 0 Å². The summed E-state index contributed by atoms with van der Waals surface area (Å²) in [6, 6.07) is 12.9. The van der Waals surface area contributed by atoms with Gasteiger partial charge in [-0.1, -0.05) is 56.0 Å². The van der Waals surface area contributed by atoms with Gasteiger partial charge >= 0.3 is 0 Å². The Hall–Kier alpha value is -1.56. The lowest BCUT2D eigenvalue weighted by molar-refractivity contribution is 1.16. The first-order chi connectivity index (χ1) is 6.86. The molecule has 0 aliphatic carbocycles. The van der Waals surface area contributed by atoms with Gasteiger partial charge in [-0.2, -0.15) is 0 Å². The zero-order valence-electron chi connectivity index (χ0n) is 8.46. The summed E-state index contributed by atoms with van der Waals surface area (Å²) < 4.78 is 0. The van der Waals surface area contributed by atoms with Crippen LogP contribution in [0.15, 0.2) is 43.0 Å². The van der Waals surface area contributed by atoms with Gasteiger partial charge < -0.3 is 0 Å². The van der Waals surface area contributed by atoms with E-state index in [9.17, 15) is 0 Å². The number of hydrogen-bond acceptors (Lipinski definition) is 0. The highest BCUT2D eigenvalue weighted by atomic mass is 14.0. The van der Waals surface area contributed by atoms with Crippen LogP contribution in [-0.2, 0) is 6.42 Å². The third kappa shape index (κ3) is 1.33. The molecule has 70 valence electrons. The standard InChI is InChI=1S/C14H14/c1-3-11-9-10-12(4-2)14-8-6-5-7-13(11)14/h3,5-10H,1,4H2,2H3. The maximum absolute atomic E-state index is 3.84. The lowest BCUT2D eigenvalue weighted by Crippen LogP contribution is -1.85. The summed E-state index contributed by atoms with van der Waals surface area (Å²) >= 11 is 0. The second kappa shape index (κ2) is 3.67. The smallest absolute Gasteiger partial charge is 0.0109 e. The number of hydrogen-bond donors (Lipinski definition) is 0. The topological polar surface area (TPSA) is 0 Å². The summed E-state index contributed by atoms with van der Waals surface area (Å²) in [5.41, 5.74) is 2.63. The van der Waals surface area contributed by atoms with Gasteiger partial charge in [-0.25, -0.2) is 0 Å². The van der Waals surface area contributed by atoms with Gasteiger partial charge in [-0.05, 0) is 28.3 Å². The van der Waals surface area contributed by atoms with Crippen molar-refractivity contribution >= 4 is 16.8 Å². The van der Waals surface area contributed by atoms with E-state index in [1.165, 1.54) is 21.9 Å². The van der Waals surface area contributed by atoms with E-state index in [-0.39, 0.29) is 0 Å². The predicted molar refractivity (Wildman–Crippen MR) is 63.4 cm³/mol. The first kappa shape index (κ1) is 9.01. The minimum Gasteiger partial charge on any atom is -0.0984 e. The largest absolute Gasteiger partial charge is 0.0984 e. The predicted octanol–water partition coefficient (Wildman–Crippen LogP) is 4.05. The second-order valence-electron chi connectivity index (χ2n) is 3.42. The summed E-state index contributed by atoms with van der Waals surface area (Å²) in [6.07, 6.45) is 3.00. The Morgan fingerprint density at radius 1 is 1.07 bits per heavy atom. The molecule has 14 heavy (non-hydrogen) atoms. The minimum absolute atomic E-state index is 1.08. The van der Waals surface area contributed by atoms with Crippen LogP contribution in [0.3, 0.4) is 0 Å². The van der Waals surface area contributed by atoms with Crippen molar-refractivity contribution in [2.24, 2.45) is 0 Å². The fraction of sp³-hybridized carbons (Fsp3) is 0.143. The Bertz CT molecular complexity index is 466. The normalized spacial score (nSPS) is 10.4. The number of rotatable bonds is 2. The summed E-state index contributed by atoms with van der Waals surface area (Å²) in [5, 5.41) is 2.66.